The average Bonchev–Trinajstić information content (AvgIpc) is 2.47. The van der Waals surface area contributed by atoms with Gasteiger partial charge in [0.25, 0.3) is 0 Å². The van der Waals surface area contributed by atoms with Gasteiger partial charge >= 0.3 is 0 Å². The molecule has 0 aromatic heterocycles. The van der Waals surface area contributed by atoms with E-state index in [1.807, 2.05) is 31.2 Å². The highest BCUT2D eigenvalue weighted by atomic mass is 19.1. The second-order valence-corrected chi connectivity index (χ2v) is 5.00. The predicted octanol–water partition coefficient (Wildman–Crippen LogP) is 5.01. The van der Waals surface area contributed by atoms with Gasteiger partial charge in [0.1, 0.15) is 24.0 Å². The Morgan fingerprint density at radius 2 is 1.52 bits per heavy atom. The molecule has 0 unspecified atom stereocenters. The minimum absolute atomic E-state index is 0.0542. The van der Waals surface area contributed by atoms with Gasteiger partial charge in [0, 0.05) is 0 Å². The van der Waals surface area contributed by atoms with Crippen LogP contribution in [0.5, 0.6) is 5.75 Å². The molecule has 0 fully saturated rings. The van der Waals surface area contributed by atoms with Crippen molar-refractivity contribution in [3.63, 3.8) is 0 Å². The van der Waals surface area contributed by atoms with Crippen LogP contribution in [0.15, 0.2) is 54.6 Å². The number of aryl methyl sites for hydroxylation is 1. The molecule has 0 aliphatic heterocycles. The third-order valence-electron chi connectivity index (χ3n) is 3.41. The Balaban J connectivity index is 1.84. The molecule has 0 spiro atoms. The fourth-order valence-electron chi connectivity index (χ4n) is 2.26. The van der Waals surface area contributed by atoms with Crippen LogP contribution in [0.1, 0.15) is 11.1 Å². The van der Waals surface area contributed by atoms with Crippen molar-refractivity contribution in [2.24, 2.45) is 0 Å². The van der Waals surface area contributed by atoms with Crippen LogP contribution < -0.4 is 4.74 Å². The van der Waals surface area contributed by atoms with E-state index in [2.05, 4.69) is 6.07 Å². The summed E-state index contributed by atoms with van der Waals surface area (Å²) in [4.78, 5) is 0. The average molecular weight is 284 g/mol. The molecular weight excluding hydrogens is 270 g/mol. The first kappa shape index (κ1) is 13.6. The van der Waals surface area contributed by atoms with E-state index in [0.717, 1.165) is 10.8 Å². The lowest BCUT2D eigenvalue weighted by Crippen LogP contribution is -2.01. The minimum Gasteiger partial charge on any atom is -0.489 e. The molecule has 0 heterocycles. The third kappa shape index (κ3) is 2.87. The summed E-state index contributed by atoms with van der Waals surface area (Å²) in [7, 11) is 0. The molecule has 3 aromatic carbocycles. The van der Waals surface area contributed by atoms with Gasteiger partial charge in [-0.15, -0.1) is 0 Å². The van der Waals surface area contributed by atoms with Crippen molar-refractivity contribution in [2.75, 3.05) is 0 Å². The monoisotopic (exact) mass is 284 g/mol. The van der Waals surface area contributed by atoms with E-state index in [1.54, 1.807) is 6.07 Å². The summed E-state index contributed by atoms with van der Waals surface area (Å²) >= 11 is 0. The molecule has 21 heavy (non-hydrogen) atoms. The molecule has 0 amide bonds. The zero-order valence-electron chi connectivity index (χ0n) is 11.6. The van der Waals surface area contributed by atoms with E-state index in [0.29, 0.717) is 5.75 Å². The molecule has 0 aliphatic carbocycles. The summed E-state index contributed by atoms with van der Waals surface area (Å²) in [5.74, 6) is -0.591. The second-order valence-electron chi connectivity index (χ2n) is 5.00. The maximum atomic E-state index is 13.5. The Kier molecular flexibility index (Phi) is 3.57. The largest absolute Gasteiger partial charge is 0.489 e. The van der Waals surface area contributed by atoms with E-state index < -0.39 is 11.6 Å². The first-order valence-corrected chi connectivity index (χ1v) is 6.69. The zero-order chi connectivity index (χ0) is 14.8. The Morgan fingerprint density at radius 1 is 0.857 bits per heavy atom. The van der Waals surface area contributed by atoms with Crippen molar-refractivity contribution >= 4 is 10.8 Å². The highest BCUT2D eigenvalue weighted by molar-refractivity contribution is 5.84. The van der Waals surface area contributed by atoms with Gasteiger partial charge in [0.15, 0.2) is 0 Å². The molecule has 106 valence electrons. The fraction of sp³-hybridized carbons (Fsp3) is 0.111. The molecule has 0 aliphatic rings. The highest BCUT2D eigenvalue weighted by Gasteiger charge is 2.09. The molecule has 3 rings (SSSR count). The van der Waals surface area contributed by atoms with Crippen LogP contribution in [-0.2, 0) is 6.61 Å². The van der Waals surface area contributed by atoms with Crippen molar-refractivity contribution < 1.29 is 13.5 Å². The number of halogens is 2. The number of hydrogen-bond acceptors (Lipinski definition) is 1. The predicted molar refractivity (Wildman–Crippen MR) is 79.4 cm³/mol. The Bertz CT molecular complexity index is 776. The van der Waals surface area contributed by atoms with Crippen molar-refractivity contribution in [1.29, 1.82) is 0 Å². The van der Waals surface area contributed by atoms with Crippen molar-refractivity contribution in [1.82, 2.24) is 0 Å². The minimum atomic E-state index is -0.591. The molecular formula is C18H14F2O. The van der Waals surface area contributed by atoms with Gasteiger partial charge in [-0.2, -0.15) is 0 Å². The van der Waals surface area contributed by atoms with E-state index in [1.165, 1.54) is 23.8 Å². The van der Waals surface area contributed by atoms with Crippen molar-refractivity contribution in [3.8, 4) is 5.75 Å². The van der Waals surface area contributed by atoms with Gasteiger partial charge in [0.05, 0.1) is 5.56 Å². The molecule has 0 radical (unpaired) electrons. The number of ether oxygens (including phenoxy) is 1. The summed E-state index contributed by atoms with van der Waals surface area (Å²) in [6.07, 6.45) is 0. The quantitative estimate of drug-likeness (QED) is 0.657. The zero-order valence-corrected chi connectivity index (χ0v) is 11.6. The fourth-order valence-corrected chi connectivity index (χ4v) is 2.26. The van der Waals surface area contributed by atoms with Crippen LogP contribution in [-0.4, -0.2) is 0 Å². The topological polar surface area (TPSA) is 9.23 Å². The van der Waals surface area contributed by atoms with Crippen LogP contribution in [0.2, 0.25) is 0 Å². The molecule has 3 aromatic rings. The normalized spacial score (nSPS) is 10.8. The molecule has 0 saturated heterocycles. The van der Waals surface area contributed by atoms with Crippen LogP contribution >= 0.6 is 0 Å². The van der Waals surface area contributed by atoms with E-state index >= 15 is 0 Å². The first-order valence-electron chi connectivity index (χ1n) is 6.69. The van der Waals surface area contributed by atoms with E-state index in [-0.39, 0.29) is 12.2 Å². The van der Waals surface area contributed by atoms with Crippen LogP contribution in [0.3, 0.4) is 0 Å². The standard InChI is InChI=1S/C18H14F2O/c1-12-5-6-14-10-15(8-7-13(14)9-12)21-11-16-17(19)3-2-4-18(16)20/h2-10H,11H2,1H3. The third-order valence-corrected chi connectivity index (χ3v) is 3.41. The lowest BCUT2D eigenvalue weighted by molar-refractivity contribution is 0.293. The van der Waals surface area contributed by atoms with Crippen LogP contribution in [0.4, 0.5) is 8.78 Å². The number of benzene rings is 3. The lowest BCUT2D eigenvalue weighted by atomic mass is 10.1. The van der Waals surface area contributed by atoms with E-state index in [9.17, 15) is 8.78 Å². The van der Waals surface area contributed by atoms with Gasteiger partial charge < -0.3 is 4.74 Å². The van der Waals surface area contributed by atoms with Crippen molar-refractivity contribution in [3.05, 3.63) is 77.4 Å². The molecule has 1 nitrogen and oxygen atoms in total. The second kappa shape index (κ2) is 5.52. The summed E-state index contributed by atoms with van der Waals surface area (Å²) in [5, 5.41) is 2.14. The Morgan fingerprint density at radius 3 is 2.29 bits per heavy atom. The molecule has 3 heteroatoms. The first-order chi connectivity index (χ1) is 10.1. The van der Waals surface area contributed by atoms with Crippen molar-refractivity contribution in [2.45, 2.75) is 13.5 Å². The van der Waals surface area contributed by atoms with Gasteiger partial charge in [-0.05, 0) is 42.0 Å². The van der Waals surface area contributed by atoms with Gasteiger partial charge in [0.2, 0.25) is 0 Å². The maximum Gasteiger partial charge on any atom is 0.132 e. The molecule has 0 bridgehead atoms. The molecule has 0 saturated carbocycles. The Labute approximate surface area is 121 Å². The van der Waals surface area contributed by atoms with Gasteiger partial charge in [-0.3, -0.25) is 0 Å². The van der Waals surface area contributed by atoms with Crippen LogP contribution in [0.25, 0.3) is 10.8 Å². The number of fused-ring (bicyclic) bond motifs is 1. The van der Waals surface area contributed by atoms with Gasteiger partial charge in [-0.25, -0.2) is 8.78 Å². The molecule has 0 atom stereocenters. The lowest BCUT2D eigenvalue weighted by Gasteiger charge is -2.09. The van der Waals surface area contributed by atoms with E-state index in [4.69, 9.17) is 4.74 Å². The summed E-state index contributed by atoms with van der Waals surface area (Å²) in [6.45, 7) is 1.90. The SMILES string of the molecule is Cc1ccc2cc(OCc3c(F)cccc3F)ccc2c1. The van der Waals surface area contributed by atoms with Gasteiger partial charge in [-0.1, -0.05) is 35.9 Å². The molecule has 0 N–H and O–H groups in total. The summed E-state index contributed by atoms with van der Waals surface area (Å²) in [5.41, 5.74) is 1.13. The maximum absolute atomic E-state index is 13.5. The Hall–Kier alpha value is -2.42. The number of rotatable bonds is 3. The highest BCUT2D eigenvalue weighted by Crippen LogP contribution is 2.23. The van der Waals surface area contributed by atoms with Crippen LogP contribution in [0, 0.1) is 18.6 Å². The summed E-state index contributed by atoms with van der Waals surface area (Å²) < 4.78 is 32.6. The summed E-state index contributed by atoms with van der Waals surface area (Å²) in [6, 6.07) is 15.5. The smallest absolute Gasteiger partial charge is 0.132 e. The number of hydrogen-bond donors (Lipinski definition) is 0.